The summed E-state index contributed by atoms with van der Waals surface area (Å²) in [4.78, 5) is 12.8. The molecule has 5 nitrogen and oxygen atoms in total. The minimum Gasteiger partial charge on any atom is -0.344 e. The molecule has 1 aliphatic carbocycles. The molecule has 1 amide bonds. The normalized spacial score (nSPS) is 21.7. The number of amides is 1. The molecule has 1 unspecified atom stereocenters. The Labute approximate surface area is 173 Å². The highest BCUT2D eigenvalue weighted by Gasteiger charge is 2.24. The zero-order chi connectivity index (χ0) is 18.8. The summed E-state index contributed by atoms with van der Waals surface area (Å²) in [6.07, 6.45) is 7.42. The van der Waals surface area contributed by atoms with Gasteiger partial charge in [-0.25, -0.2) is 0 Å². The molecule has 28 heavy (non-hydrogen) atoms. The van der Waals surface area contributed by atoms with Gasteiger partial charge < -0.3 is 10.6 Å². The van der Waals surface area contributed by atoms with Crippen molar-refractivity contribution in [2.24, 2.45) is 0 Å². The van der Waals surface area contributed by atoms with Gasteiger partial charge in [0.1, 0.15) is 5.69 Å². The lowest BCUT2D eigenvalue weighted by atomic mass is 9.85. The molecule has 4 rings (SSSR count). The molecule has 0 saturated carbocycles. The first-order chi connectivity index (χ1) is 13.1. The van der Waals surface area contributed by atoms with Crippen LogP contribution in [-0.4, -0.2) is 28.8 Å². The number of piperidine rings is 1. The molecule has 0 spiro atoms. The molecule has 1 aromatic carbocycles. The summed E-state index contributed by atoms with van der Waals surface area (Å²) < 4.78 is 1.95. The molecule has 1 aliphatic heterocycles. The standard InChI is InChI=1S/C22H30N4O.ClH/c1-15(2)17-9-8-16-5-3-7-20(19(16)13-17)24-22(27)21-10-12-26(25-21)18-6-4-11-23-14-18;/h8-10,12-13,15,18,20,23H,3-7,11,14H2,1-2H3,(H,24,27);1H/t18?,20-;/m1./s1. The van der Waals surface area contributed by atoms with Gasteiger partial charge in [0.2, 0.25) is 0 Å². The van der Waals surface area contributed by atoms with Gasteiger partial charge in [-0.1, -0.05) is 32.0 Å². The molecule has 2 N–H and O–H groups in total. The van der Waals surface area contributed by atoms with Crippen LogP contribution < -0.4 is 10.6 Å². The highest BCUT2D eigenvalue weighted by atomic mass is 35.5. The van der Waals surface area contributed by atoms with Gasteiger partial charge in [0, 0.05) is 12.7 Å². The van der Waals surface area contributed by atoms with E-state index in [4.69, 9.17) is 0 Å². The van der Waals surface area contributed by atoms with Crippen LogP contribution in [0.15, 0.2) is 30.5 Å². The summed E-state index contributed by atoms with van der Waals surface area (Å²) in [6.45, 7) is 6.43. The number of benzene rings is 1. The molecule has 1 aromatic heterocycles. The Morgan fingerprint density at radius 2 is 2.11 bits per heavy atom. The van der Waals surface area contributed by atoms with Gasteiger partial charge in [0.05, 0.1) is 12.1 Å². The number of nitrogens with zero attached hydrogens (tertiary/aromatic N) is 2. The monoisotopic (exact) mass is 402 g/mol. The van der Waals surface area contributed by atoms with Gasteiger partial charge in [-0.3, -0.25) is 9.48 Å². The van der Waals surface area contributed by atoms with E-state index in [2.05, 4.69) is 47.8 Å². The Morgan fingerprint density at radius 1 is 1.25 bits per heavy atom. The lowest BCUT2D eigenvalue weighted by molar-refractivity contribution is 0.0926. The molecular weight excluding hydrogens is 372 g/mol. The Balaban J connectivity index is 0.00000225. The zero-order valence-electron chi connectivity index (χ0n) is 16.8. The van der Waals surface area contributed by atoms with Gasteiger partial charge in [0.15, 0.2) is 0 Å². The zero-order valence-corrected chi connectivity index (χ0v) is 17.6. The average molecular weight is 403 g/mol. The molecule has 2 aromatic rings. The molecule has 1 saturated heterocycles. The van der Waals surface area contributed by atoms with Crippen LogP contribution in [0.1, 0.15) is 84.7 Å². The number of aromatic nitrogens is 2. The molecule has 152 valence electrons. The van der Waals surface area contributed by atoms with Crippen molar-refractivity contribution in [2.75, 3.05) is 13.1 Å². The Kier molecular flexibility index (Phi) is 6.78. The van der Waals surface area contributed by atoms with Crippen molar-refractivity contribution in [3.63, 3.8) is 0 Å². The van der Waals surface area contributed by atoms with Crippen LogP contribution >= 0.6 is 12.4 Å². The Hall–Kier alpha value is -1.85. The molecule has 0 radical (unpaired) electrons. The smallest absolute Gasteiger partial charge is 0.272 e. The third-order valence-corrected chi connectivity index (χ3v) is 5.94. The number of aryl methyl sites for hydroxylation is 1. The van der Waals surface area contributed by atoms with E-state index < -0.39 is 0 Å². The second kappa shape index (κ2) is 9.10. The highest BCUT2D eigenvalue weighted by Crippen LogP contribution is 2.32. The number of rotatable bonds is 4. The quantitative estimate of drug-likeness (QED) is 0.807. The predicted octanol–water partition coefficient (Wildman–Crippen LogP) is 4.16. The number of fused-ring (bicyclic) bond motifs is 1. The van der Waals surface area contributed by atoms with Crippen LogP contribution in [0.2, 0.25) is 0 Å². The number of nitrogens with one attached hydrogen (secondary N) is 2. The van der Waals surface area contributed by atoms with Gasteiger partial charge in [-0.05, 0) is 67.3 Å². The van der Waals surface area contributed by atoms with E-state index in [0.717, 1.165) is 45.2 Å². The molecule has 6 heteroatoms. The average Bonchev–Trinajstić information content (AvgIpc) is 3.19. The molecule has 0 bridgehead atoms. The Bertz CT molecular complexity index is 811. The van der Waals surface area contributed by atoms with Crippen LogP contribution in [-0.2, 0) is 6.42 Å². The van der Waals surface area contributed by atoms with E-state index in [9.17, 15) is 4.79 Å². The Morgan fingerprint density at radius 3 is 2.86 bits per heavy atom. The van der Waals surface area contributed by atoms with E-state index >= 15 is 0 Å². The molecule has 1 fully saturated rings. The van der Waals surface area contributed by atoms with E-state index in [-0.39, 0.29) is 24.4 Å². The molecule has 2 aliphatic rings. The summed E-state index contributed by atoms with van der Waals surface area (Å²) in [6, 6.07) is 9.04. The first-order valence-corrected chi connectivity index (χ1v) is 10.3. The van der Waals surface area contributed by atoms with Gasteiger partial charge in [-0.2, -0.15) is 5.10 Å². The number of hydrogen-bond donors (Lipinski definition) is 2. The van der Waals surface area contributed by atoms with Gasteiger partial charge >= 0.3 is 0 Å². The van der Waals surface area contributed by atoms with Crippen LogP contribution in [0.25, 0.3) is 0 Å². The van der Waals surface area contributed by atoms with Crippen LogP contribution in [0, 0.1) is 0 Å². The minimum absolute atomic E-state index is 0. The number of carbonyl (C=O) groups is 1. The van der Waals surface area contributed by atoms with Crippen molar-refractivity contribution in [3.8, 4) is 0 Å². The second-order valence-corrected chi connectivity index (χ2v) is 8.21. The summed E-state index contributed by atoms with van der Waals surface area (Å²) in [5.41, 5.74) is 4.52. The summed E-state index contributed by atoms with van der Waals surface area (Å²) >= 11 is 0. The fraction of sp³-hybridized carbons (Fsp3) is 0.545. The lowest BCUT2D eigenvalue weighted by Crippen LogP contribution is -2.33. The summed E-state index contributed by atoms with van der Waals surface area (Å²) in [7, 11) is 0. The van der Waals surface area contributed by atoms with Crippen molar-refractivity contribution in [3.05, 3.63) is 52.8 Å². The van der Waals surface area contributed by atoms with Gasteiger partial charge in [0.25, 0.3) is 5.91 Å². The molecular formula is C22H31ClN4O. The molecule has 2 heterocycles. The topological polar surface area (TPSA) is 59.0 Å². The van der Waals surface area contributed by atoms with E-state index in [1.807, 2.05) is 16.9 Å². The van der Waals surface area contributed by atoms with E-state index in [1.165, 1.54) is 16.7 Å². The number of hydrogen-bond acceptors (Lipinski definition) is 3. The number of halogens is 1. The maximum atomic E-state index is 12.8. The van der Waals surface area contributed by atoms with Crippen molar-refractivity contribution < 1.29 is 4.79 Å². The van der Waals surface area contributed by atoms with Crippen molar-refractivity contribution in [1.82, 2.24) is 20.4 Å². The fourth-order valence-electron chi connectivity index (χ4n) is 4.28. The number of carbonyl (C=O) groups excluding carboxylic acids is 1. The van der Waals surface area contributed by atoms with E-state index in [1.54, 1.807) is 0 Å². The third-order valence-electron chi connectivity index (χ3n) is 5.94. The highest BCUT2D eigenvalue weighted by molar-refractivity contribution is 5.92. The first-order valence-electron chi connectivity index (χ1n) is 10.3. The van der Waals surface area contributed by atoms with Crippen molar-refractivity contribution in [1.29, 1.82) is 0 Å². The maximum absolute atomic E-state index is 12.8. The lowest BCUT2D eigenvalue weighted by Gasteiger charge is -2.27. The van der Waals surface area contributed by atoms with E-state index in [0.29, 0.717) is 17.7 Å². The van der Waals surface area contributed by atoms with Gasteiger partial charge in [-0.15, -0.1) is 12.4 Å². The fourth-order valence-corrected chi connectivity index (χ4v) is 4.28. The summed E-state index contributed by atoms with van der Waals surface area (Å²) in [5, 5.41) is 11.2. The van der Waals surface area contributed by atoms with Crippen LogP contribution in [0.4, 0.5) is 0 Å². The second-order valence-electron chi connectivity index (χ2n) is 8.21. The van der Waals surface area contributed by atoms with Crippen LogP contribution in [0.5, 0.6) is 0 Å². The summed E-state index contributed by atoms with van der Waals surface area (Å²) in [5.74, 6) is 0.429. The van der Waals surface area contributed by atoms with Crippen LogP contribution in [0.3, 0.4) is 0 Å². The maximum Gasteiger partial charge on any atom is 0.272 e. The first kappa shape index (κ1) is 20.9. The predicted molar refractivity (Wildman–Crippen MR) is 114 cm³/mol. The minimum atomic E-state index is -0.0645. The largest absolute Gasteiger partial charge is 0.344 e. The van der Waals surface area contributed by atoms with Crippen molar-refractivity contribution >= 4 is 18.3 Å². The van der Waals surface area contributed by atoms with Crippen molar-refractivity contribution in [2.45, 2.75) is 64.0 Å². The molecule has 2 atom stereocenters. The SMILES string of the molecule is CC(C)c1ccc2c(c1)[C@H](NC(=O)c1ccn(C3CCCNC3)n1)CCC2.Cl. The third kappa shape index (κ3) is 4.41.